The molecule has 0 spiro atoms. The Morgan fingerprint density at radius 1 is 1.23 bits per heavy atom. The molecule has 0 bridgehead atoms. The van der Waals surface area contributed by atoms with Crippen molar-refractivity contribution in [2.24, 2.45) is 5.73 Å². The first-order valence-corrected chi connectivity index (χ1v) is 2.91. The van der Waals surface area contributed by atoms with Gasteiger partial charge in [-0.05, 0) is 0 Å². The number of hydrogen-bond donors (Lipinski definition) is 5. The maximum atomic E-state index is 10.4. The third-order valence-corrected chi connectivity index (χ3v) is 1.33. The van der Waals surface area contributed by atoms with Crippen LogP contribution in [0.25, 0.3) is 0 Å². The molecule has 0 heterocycles. The highest BCUT2D eigenvalue weighted by Gasteiger charge is 2.53. The van der Waals surface area contributed by atoms with Crippen molar-refractivity contribution in [3.05, 3.63) is 0 Å². The second-order valence-electron chi connectivity index (χ2n) is 2.18. The lowest BCUT2D eigenvalue weighted by atomic mass is 9.96. The molecule has 0 rings (SSSR count). The van der Waals surface area contributed by atoms with Gasteiger partial charge in [0.2, 0.25) is 6.10 Å². The van der Waals surface area contributed by atoms with E-state index in [9.17, 15) is 14.4 Å². The number of carboxylic acid groups (broad SMARTS) is 2. The molecular formula is C5H7NO7. The fourth-order valence-electron chi connectivity index (χ4n) is 0.536. The summed E-state index contributed by atoms with van der Waals surface area (Å²) in [6.07, 6.45) is -2.80. The Bertz CT molecular complexity index is 246. The Hall–Kier alpha value is -1.67. The monoisotopic (exact) mass is 193 g/mol. The van der Waals surface area contributed by atoms with E-state index in [0.717, 1.165) is 0 Å². The first-order chi connectivity index (χ1) is 5.74. The van der Waals surface area contributed by atoms with Gasteiger partial charge in [-0.2, -0.15) is 0 Å². The molecule has 2 atom stereocenters. The predicted octanol–water partition coefficient (Wildman–Crippen LogP) is -3.27. The maximum absolute atomic E-state index is 10.4. The van der Waals surface area contributed by atoms with Crippen LogP contribution in [0, 0.1) is 0 Å². The van der Waals surface area contributed by atoms with Gasteiger partial charge in [0.05, 0.1) is 0 Å². The van der Waals surface area contributed by atoms with Gasteiger partial charge in [-0.25, -0.2) is 9.59 Å². The highest BCUT2D eigenvalue weighted by Crippen LogP contribution is 2.10. The third-order valence-electron chi connectivity index (χ3n) is 1.33. The standard InChI is InChI=1S/C5H7NO7/c6-3(10)5(13,4(11)12)1(7)2(8)9/h1,7,13H,(H2,6,10)(H,8,9)(H,11,12). The number of nitrogens with two attached hydrogens (primary N) is 1. The first kappa shape index (κ1) is 11.3. The van der Waals surface area contributed by atoms with E-state index < -0.39 is 29.6 Å². The number of carbonyl (C=O) groups is 3. The number of aliphatic hydroxyl groups excluding tert-OH is 1. The van der Waals surface area contributed by atoms with Crippen molar-refractivity contribution in [3.8, 4) is 0 Å². The van der Waals surface area contributed by atoms with Crippen molar-refractivity contribution >= 4 is 17.8 Å². The van der Waals surface area contributed by atoms with Crippen LogP contribution in [0.5, 0.6) is 0 Å². The van der Waals surface area contributed by atoms with Crippen LogP contribution in [-0.4, -0.2) is 50.0 Å². The van der Waals surface area contributed by atoms with Crippen LogP contribution in [0.2, 0.25) is 0 Å². The van der Waals surface area contributed by atoms with Crippen molar-refractivity contribution in [1.29, 1.82) is 0 Å². The lowest BCUT2D eigenvalue weighted by Crippen LogP contribution is -2.61. The molecule has 13 heavy (non-hydrogen) atoms. The van der Waals surface area contributed by atoms with E-state index in [0.29, 0.717) is 0 Å². The predicted molar refractivity (Wildman–Crippen MR) is 35.4 cm³/mol. The van der Waals surface area contributed by atoms with E-state index in [2.05, 4.69) is 5.73 Å². The number of rotatable bonds is 4. The molecule has 74 valence electrons. The maximum Gasteiger partial charge on any atom is 0.349 e. The van der Waals surface area contributed by atoms with Gasteiger partial charge >= 0.3 is 11.9 Å². The summed E-state index contributed by atoms with van der Waals surface area (Å²) in [5.41, 5.74) is 0.909. The zero-order valence-corrected chi connectivity index (χ0v) is 6.17. The highest BCUT2D eigenvalue weighted by molar-refractivity contribution is 6.08. The summed E-state index contributed by atoms with van der Waals surface area (Å²) in [5.74, 6) is -6.14. The van der Waals surface area contributed by atoms with Crippen molar-refractivity contribution in [3.63, 3.8) is 0 Å². The van der Waals surface area contributed by atoms with E-state index in [1.165, 1.54) is 0 Å². The third kappa shape index (κ3) is 1.73. The minimum absolute atomic E-state index is 1.85. The van der Waals surface area contributed by atoms with E-state index >= 15 is 0 Å². The molecule has 0 saturated heterocycles. The highest BCUT2D eigenvalue weighted by atomic mass is 16.4. The zero-order valence-electron chi connectivity index (χ0n) is 6.17. The van der Waals surface area contributed by atoms with Crippen molar-refractivity contribution in [2.45, 2.75) is 11.7 Å². The fraction of sp³-hybridized carbons (Fsp3) is 0.400. The molecule has 2 unspecified atom stereocenters. The quantitative estimate of drug-likeness (QED) is 0.293. The second kappa shape index (κ2) is 3.37. The number of carbonyl (C=O) groups excluding carboxylic acids is 1. The number of primary amides is 1. The van der Waals surface area contributed by atoms with Gasteiger partial charge in [0, 0.05) is 0 Å². The molecule has 8 nitrogen and oxygen atoms in total. The van der Waals surface area contributed by atoms with Crippen LogP contribution in [0.1, 0.15) is 0 Å². The Kier molecular flexibility index (Phi) is 2.94. The lowest BCUT2D eigenvalue weighted by molar-refractivity contribution is -0.186. The molecular weight excluding hydrogens is 186 g/mol. The molecule has 6 N–H and O–H groups in total. The number of hydrogen-bond acceptors (Lipinski definition) is 5. The second-order valence-corrected chi connectivity index (χ2v) is 2.18. The first-order valence-electron chi connectivity index (χ1n) is 2.91. The molecule has 8 heteroatoms. The molecule has 0 aromatic rings. The summed E-state index contributed by atoms with van der Waals surface area (Å²) in [4.78, 5) is 30.7. The van der Waals surface area contributed by atoms with Crippen molar-refractivity contribution < 1.29 is 34.8 Å². The van der Waals surface area contributed by atoms with Crippen LogP contribution in [0.3, 0.4) is 0 Å². The van der Waals surface area contributed by atoms with Crippen LogP contribution in [0.4, 0.5) is 0 Å². The van der Waals surface area contributed by atoms with E-state index in [-0.39, 0.29) is 0 Å². The van der Waals surface area contributed by atoms with E-state index in [1.54, 1.807) is 0 Å². The van der Waals surface area contributed by atoms with Gasteiger partial charge < -0.3 is 26.2 Å². The average molecular weight is 193 g/mol. The molecule has 0 aromatic carbocycles. The number of aliphatic hydroxyl groups is 2. The van der Waals surface area contributed by atoms with Crippen molar-refractivity contribution in [2.75, 3.05) is 0 Å². The van der Waals surface area contributed by atoms with Gasteiger partial charge in [-0.15, -0.1) is 0 Å². The van der Waals surface area contributed by atoms with Crippen LogP contribution in [0.15, 0.2) is 0 Å². The number of aliphatic carboxylic acids is 2. The molecule has 0 aliphatic rings. The zero-order chi connectivity index (χ0) is 10.8. The Morgan fingerprint density at radius 3 is 1.69 bits per heavy atom. The van der Waals surface area contributed by atoms with Gasteiger partial charge in [0.1, 0.15) is 0 Å². The number of amides is 1. The van der Waals surface area contributed by atoms with Crippen LogP contribution in [-0.2, 0) is 14.4 Å². The molecule has 0 radical (unpaired) electrons. The Labute approximate surface area is 71.2 Å². The molecule has 1 amide bonds. The summed E-state index contributed by atoms with van der Waals surface area (Å²) in [6, 6.07) is 0. The van der Waals surface area contributed by atoms with E-state index in [1.807, 2.05) is 0 Å². The van der Waals surface area contributed by atoms with Crippen LogP contribution >= 0.6 is 0 Å². The average Bonchev–Trinajstić information content (AvgIpc) is 2.00. The summed E-state index contributed by atoms with van der Waals surface area (Å²) in [7, 11) is 0. The van der Waals surface area contributed by atoms with E-state index in [4.69, 9.17) is 20.4 Å². The lowest BCUT2D eigenvalue weighted by Gasteiger charge is -2.21. The fourth-order valence-corrected chi connectivity index (χ4v) is 0.536. The summed E-state index contributed by atoms with van der Waals surface area (Å²) in [6.45, 7) is 0. The minimum Gasteiger partial charge on any atom is -0.479 e. The number of carboxylic acids is 2. The summed E-state index contributed by atoms with van der Waals surface area (Å²) < 4.78 is 0. The molecule has 0 saturated carbocycles. The Morgan fingerprint density at radius 2 is 1.62 bits per heavy atom. The SMILES string of the molecule is NC(=O)C(O)(C(=O)O)C(O)C(=O)O. The normalized spacial score (nSPS) is 17.1. The van der Waals surface area contributed by atoms with Gasteiger partial charge in [0.25, 0.3) is 11.5 Å². The smallest absolute Gasteiger partial charge is 0.349 e. The Balaban J connectivity index is 5.13. The minimum atomic E-state index is -3.51. The molecule has 0 aliphatic heterocycles. The van der Waals surface area contributed by atoms with Gasteiger partial charge in [-0.1, -0.05) is 0 Å². The van der Waals surface area contributed by atoms with Crippen molar-refractivity contribution in [1.82, 2.24) is 0 Å². The summed E-state index contributed by atoms with van der Waals surface area (Å²) >= 11 is 0. The van der Waals surface area contributed by atoms with Gasteiger partial charge in [0.15, 0.2) is 0 Å². The largest absolute Gasteiger partial charge is 0.479 e. The van der Waals surface area contributed by atoms with Gasteiger partial charge in [-0.3, -0.25) is 4.79 Å². The summed E-state index contributed by atoms with van der Waals surface area (Å²) in [5, 5.41) is 33.9. The van der Waals surface area contributed by atoms with Crippen LogP contribution < -0.4 is 5.73 Å². The molecule has 0 aliphatic carbocycles. The molecule has 0 fully saturated rings. The topological polar surface area (TPSA) is 158 Å². The molecule has 0 aromatic heterocycles.